The number of aryl methyl sites for hydroxylation is 1. The molecule has 0 aliphatic carbocycles. The van der Waals surface area contributed by atoms with Crippen LogP contribution < -0.4 is 15.4 Å². The van der Waals surface area contributed by atoms with Crippen LogP contribution in [0.1, 0.15) is 19.4 Å². The molecule has 17 heavy (non-hydrogen) atoms. The summed E-state index contributed by atoms with van der Waals surface area (Å²) in [6, 6.07) is 4.36. The Hall–Kier alpha value is -0.930. The summed E-state index contributed by atoms with van der Waals surface area (Å²) in [5.41, 5.74) is 2.03. The van der Waals surface area contributed by atoms with Crippen LogP contribution in [-0.4, -0.2) is 26.2 Å². The average Bonchev–Trinajstić information content (AvgIpc) is 2.28. The molecular formula is C13H21ClN2O. The summed E-state index contributed by atoms with van der Waals surface area (Å²) >= 11 is 6.05. The first-order chi connectivity index (χ1) is 8.04. The zero-order valence-electron chi connectivity index (χ0n) is 10.9. The highest BCUT2D eigenvalue weighted by Gasteiger charge is 2.06. The molecule has 1 aromatic rings. The molecule has 0 fully saturated rings. The van der Waals surface area contributed by atoms with Gasteiger partial charge in [0.15, 0.2) is 0 Å². The fourth-order valence-electron chi connectivity index (χ4n) is 1.53. The normalized spacial score (nSPS) is 10.7. The Labute approximate surface area is 109 Å². The zero-order valence-corrected chi connectivity index (χ0v) is 11.7. The third-order valence-electron chi connectivity index (χ3n) is 2.47. The van der Waals surface area contributed by atoms with E-state index in [0.29, 0.717) is 6.04 Å². The number of hydrogen-bond donors (Lipinski definition) is 2. The molecule has 2 N–H and O–H groups in total. The van der Waals surface area contributed by atoms with Crippen molar-refractivity contribution in [1.82, 2.24) is 5.32 Å². The Kier molecular flexibility index (Phi) is 5.59. The highest BCUT2D eigenvalue weighted by atomic mass is 35.5. The maximum atomic E-state index is 6.05. The molecule has 0 aliphatic heterocycles. The van der Waals surface area contributed by atoms with Crippen molar-refractivity contribution in [3.05, 3.63) is 22.7 Å². The van der Waals surface area contributed by atoms with Crippen LogP contribution in [0.4, 0.5) is 5.69 Å². The van der Waals surface area contributed by atoms with E-state index in [1.165, 1.54) is 0 Å². The number of anilines is 1. The second-order valence-electron chi connectivity index (χ2n) is 4.34. The summed E-state index contributed by atoms with van der Waals surface area (Å²) in [6.45, 7) is 8.03. The molecule has 0 unspecified atom stereocenters. The van der Waals surface area contributed by atoms with Gasteiger partial charge in [-0.3, -0.25) is 0 Å². The first-order valence-electron chi connectivity index (χ1n) is 5.86. The lowest BCUT2D eigenvalue weighted by Gasteiger charge is -2.14. The zero-order chi connectivity index (χ0) is 12.8. The van der Waals surface area contributed by atoms with Crippen LogP contribution in [0.5, 0.6) is 5.75 Å². The van der Waals surface area contributed by atoms with Crippen LogP contribution in [-0.2, 0) is 0 Å². The van der Waals surface area contributed by atoms with Crippen molar-refractivity contribution in [1.29, 1.82) is 0 Å². The summed E-state index contributed by atoms with van der Waals surface area (Å²) in [7, 11) is 1.65. The van der Waals surface area contributed by atoms with Crippen molar-refractivity contribution in [3.63, 3.8) is 0 Å². The standard InChI is InChI=1S/C13H21ClN2O/c1-9(2)15-5-6-16-12-7-10(3)11(14)8-13(12)17-4/h7-9,15-16H,5-6H2,1-4H3. The van der Waals surface area contributed by atoms with Crippen LogP contribution in [0.15, 0.2) is 12.1 Å². The highest BCUT2D eigenvalue weighted by molar-refractivity contribution is 6.31. The van der Waals surface area contributed by atoms with Crippen molar-refractivity contribution in [3.8, 4) is 5.75 Å². The molecule has 0 spiro atoms. The maximum absolute atomic E-state index is 6.05. The van der Waals surface area contributed by atoms with Gasteiger partial charge in [0.1, 0.15) is 5.75 Å². The number of hydrogen-bond acceptors (Lipinski definition) is 3. The molecule has 0 aliphatic rings. The molecule has 0 heterocycles. The van der Waals surface area contributed by atoms with Gasteiger partial charge in [-0.25, -0.2) is 0 Å². The Morgan fingerprint density at radius 3 is 2.59 bits per heavy atom. The van der Waals surface area contributed by atoms with Crippen molar-refractivity contribution in [2.45, 2.75) is 26.8 Å². The monoisotopic (exact) mass is 256 g/mol. The van der Waals surface area contributed by atoms with Crippen molar-refractivity contribution in [2.24, 2.45) is 0 Å². The first kappa shape index (κ1) is 14.1. The van der Waals surface area contributed by atoms with Crippen LogP contribution in [0.3, 0.4) is 0 Å². The predicted molar refractivity (Wildman–Crippen MR) is 74.4 cm³/mol. The van der Waals surface area contributed by atoms with Gasteiger partial charge in [0.25, 0.3) is 0 Å². The summed E-state index contributed by atoms with van der Waals surface area (Å²) in [5.74, 6) is 0.783. The van der Waals surface area contributed by atoms with Crippen molar-refractivity contribution >= 4 is 17.3 Å². The Bertz CT molecular complexity index is 367. The van der Waals surface area contributed by atoms with Crippen LogP contribution >= 0.6 is 11.6 Å². The molecule has 0 saturated carbocycles. The quantitative estimate of drug-likeness (QED) is 0.768. The van der Waals surface area contributed by atoms with Gasteiger partial charge >= 0.3 is 0 Å². The number of ether oxygens (including phenoxy) is 1. The van der Waals surface area contributed by atoms with E-state index in [9.17, 15) is 0 Å². The molecule has 0 radical (unpaired) electrons. The number of benzene rings is 1. The Balaban J connectivity index is 2.60. The van der Waals surface area contributed by atoms with E-state index in [1.54, 1.807) is 7.11 Å². The van der Waals surface area contributed by atoms with E-state index in [2.05, 4.69) is 24.5 Å². The van der Waals surface area contributed by atoms with Crippen molar-refractivity contribution < 1.29 is 4.74 Å². The first-order valence-corrected chi connectivity index (χ1v) is 6.23. The summed E-state index contributed by atoms with van der Waals surface area (Å²) in [5, 5.41) is 7.42. The Morgan fingerprint density at radius 1 is 1.29 bits per heavy atom. The summed E-state index contributed by atoms with van der Waals surface area (Å²) in [4.78, 5) is 0. The molecular weight excluding hydrogens is 236 g/mol. The van der Waals surface area contributed by atoms with Crippen LogP contribution in [0.2, 0.25) is 5.02 Å². The van der Waals surface area contributed by atoms with E-state index in [0.717, 1.165) is 35.1 Å². The van der Waals surface area contributed by atoms with Crippen molar-refractivity contribution in [2.75, 3.05) is 25.5 Å². The highest BCUT2D eigenvalue weighted by Crippen LogP contribution is 2.30. The fourth-order valence-corrected chi connectivity index (χ4v) is 1.68. The second kappa shape index (κ2) is 6.72. The minimum Gasteiger partial charge on any atom is -0.495 e. The summed E-state index contributed by atoms with van der Waals surface area (Å²) < 4.78 is 5.29. The molecule has 0 aromatic heterocycles. The van der Waals surface area contributed by atoms with Gasteiger partial charge in [-0.15, -0.1) is 0 Å². The molecule has 96 valence electrons. The number of nitrogens with one attached hydrogen (secondary N) is 2. The molecule has 1 aromatic carbocycles. The Morgan fingerprint density at radius 2 is 2.00 bits per heavy atom. The lowest BCUT2D eigenvalue weighted by Crippen LogP contribution is -2.28. The third kappa shape index (κ3) is 4.44. The number of rotatable bonds is 6. The fraction of sp³-hybridized carbons (Fsp3) is 0.538. The van der Waals surface area contributed by atoms with E-state index >= 15 is 0 Å². The van der Waals surface area contributed by atoms with Gasteiger partial charge in [0, 0.05) is 30.2 Å². The minimum absolute atomic E-state index is 0.505. The molecule has 0 saturated heterocycles. The topological polar surface area (TPSA) is 33.3 Å². The van der Waals surface area contributed by atoms with Gasteiger partial charge in [-0.2, -0.15) is 0 Å². The maximum Gasteiger partial charge on any atom is 0.143 e. The van der Waals surface area contributed by atoms with Gasteiger partial charge < -0.3 is 15.4 Å². The van der Waals surface area contributed by atoms with E-state index < -0.39 is 0 Å². The van der Waals surface area contributed by atoms with E-state index in [4.69, 9.17) is 16.3 Å². The largest absolute Gasteiger partial charge is 0.495 e. The molecule has 0 atom stereocenters. The van der Waals surface area contributed by atoms with E-state index in [-0.39, 0.29) is 0 Å². The van der Waals surface area contributed by atoms with E-state index in [1.807, 2.05) is 19.1 Å². The third-order valence-corrected chi connectivity index (χ3v) is 2.88. The number of halogens is 1. The smallest absolute Gasteiger partial charge is 0.143 e. The lowest BCUT2D eigenvalue weighted by atomic mass is 10.2. The van der Waals surface area contributed by atoms with Gasteiger partial charge in [-0.05, 0) is 18.6 Å². The van der Waals surface area contributed by atoms with Gasteiger partial charge in [-0.1, -0.05) is 25.4 Å². The molecule has 4 heteroatoms. The molecule has 1 rings (SSSR count). The average molecular weight is 257 g/mol. The van der Waals surface area contributed by atoms with Gasteiger partial charge in [0.2, 0.25) is 0 Å². The second-order valence-corrected chi connectivity index (χ2v) is 4.74. The summed E-state index contributed by atoms with van der Waals surface area (Å²) in [6.07, 6.45) is 0. The lowest BCUT2D eigenvalue weighted by molar-refractivity contribution is 0.416. The molecule has 3 nitrogen and oxygen atoms in total. The predicted octanol–water partition coefficient (Wildman–Crippen LogP) is 3.07. The van der Waals surface area contributed by atoms with Crippen LogP contribution in [0.25, 0.3) is 0 Å². The number of methoxy groups -OCH3 is 1. The van der Waals surface area contributed by atoms with Gasteiger partial charge in [0.05, 0.1) is 12.8 Å². The molecule has 0 bridgehead atoms. The molecule has 0 amide bonds. The van der Waals surface area contributed by atoms with Crippen LogP contribution in [0, 0.1) is 6.92 Å². The minimum atomic E-state index is 0.505. The SMILES string of the molecule is COc1cc(Cl)c(C)cc1NCCNC(C)C.